The average Bonchev–Trinajstić information content (AvgIpc) is 2.35. The molecule has 106 valence electrons. The highest BCUT2D eigenvalue weighted by atomic mass is 16.6. The van der Waals surface area contributed by atoms with E-state index in [1.54, 1.807) is 19.1 Å². The normalized spacial score (nSPS) is 11.3. The molecule has 1 N–H and O–H groups in total. The fourth-order valence-electron chi connectivity index (χ4n) is 1.71. The summed E-state index contributed by atoms with van der Waals surface area (Å²) in [5.41, 5.74) is 1.84. The van der Waals surface area contributed by atoms with E-state index >= 15 is 0 Å². The summed E-state index contributed by atoms with van der Waals surface area (Å²) in [7, 11) is 2.09. The number of aryl methyl sites for hydroxylation is 1. The van der Waals surface area contributed by atoms with Crippen molar-refractivity contribution in [3.05, 3.63) is 39.4 Å². The number of benzene rings is 1. The maximum absolute atomic E-state index is 10.8. The number of nitrogens with one attached hydrogen (secondary N) is 1. The first kappa shape index (κ1) is 15.6. The highest BCUT2D eigenvalue weighted by Crippen LogP contribution is 2.18. The Bertz CT molecular complexity index is 433. The van der Waals surface area contributed by atoms with Gasteiger partial charge < -0.3 is 10.2 Å². The van der Waals surface area contributed by atoms with E-state index in [-0.39, 0.29) is 10.6 Å². The number of hydrogen-bond donors (Lipinski definition) is 1. The smallest absolute Gasteiger partial charge is 0.272 e. The third-order valence-corrected chi connectivity index (χ3v) is 3.32. The van der Waals surface area contributed by atoms with Crippen LogP contribution in [-0.2, 0) is 6.54 Å². The van der Waals surface area contributed by atoms with Gasteiger partial charge in [0.15, 0.2) is 0 Å². The van der Waals surface area contributed by atoms with Crippen molar-refractivity contribution in [2.45, 2.75) is 33.4 Å². The van der Waals surface area contributed by atoms with Crippen LogP contribution in [0.4, 0.5) is 5.69 Å². The summed E-state index contributed by atoms with van der Waals surface area (Å²) in [4.78, 5) is 12.8. The van der Waals surface area contributed by atoms with E-state index in [0.29, 0.717) is 18.2 Å². The molecule has 0 amide bonds. The summed E-state index contributed by atoms with van der Waals surface area (Å²) >= 11 is 0. The molecule has 1 aromatic carbocycles. The van der Waals surface area contributed by atoms with E-state index < -0.39 is 0 Å². The van der Waals surface area contributed by atoms with Gasteiger partial charge in [0.2, 0.25) is 0 Å². The standard InChI is InChI=1S/C14H23N3O2/c1-11(2)16(4)8-7-15-10-13-6-5-12(3)14(9-13)17(18)19/h5-6,9,11,15H,7-8,10H2,1-4H3. The SMILES string of the molecule is Cc1ccc(CNCCN(C)C(C)C)cc1[N+](=O)[O-]. The Morgan fingerprint density at radius 2 is 2.11 bits per heavy atom. The van der Waals surface area contributed by atoms with E-state index in [4.69, 9.17) is 0 Å². The minimum absolute atomic E-state index is 0.193. The molecule has 1 rings (SSSR count). The second kappa shape index (κ2) is 7.21. The molecule has 0 heterocycles. The molecule has 0 saturated heterocycles. The first-order valence-electron chi connectivity index (χ1n) is 6.56. The molecule has 5 nitrogen and oxygen atoms in total. The molecule has 0 unspecified atom stereocenters. The summed E-state index contributed by atoms with van der Waals surface area (Å²) in [6.45, 7) is 8.56. The van der Waals surface area contributed by atoms with Crippen molar-refractivity contribution in [2.24, 2.45) is 0 Å². The van der Waals surface area contributed by atoms with Gasteiger partial charge in [0.25, 0.3) is 5.69 Å². The van der Waals surface area contributed by atoms with Gasteiger partial charge in [0.1, 0.15) is 0 Å². The number of nitro groups is 1. The number of rotatable bonds is 7. The van der Waals surface area contributed by atoms with Crippen LogP contribution in [-0.4, -0.2) is 36.0 Å². The molecule has 0 aliphatic carbocycles. The molecule has 0 spiro atoms. The van der Waals surface area contributed by atoms with Gasteiger partial charge in [-0.15, -0.1) is 0 Å². The lowest BCUT2D eigenvalue weighted by atomic mass is 10.1. The lowest BCUT2D eigenvalue weighted by Gasteiger charge is -2.20. The van der Waals surface area contributed by atoms with E-state index in [9.17, 15) is 10.1 Å². The molecule has 5 heteroatoms. The van der Waals surface area contributed by atoms with Crippen molar-refractivity contribution >= 4 is 5.69 Å². The summed E-state index contributed by atoms with van der Waals surface area (Å²) in [6.07, 6.45) is 0. The van der Waals surface area contributed by atoms with Crippen LogP contribution in [0.1, 0.15) is 25.0 Å². The fourth-order valence-corrected chi connectivity index (χ4v) is 1.71. The van der Waals surface area contributed by atoms with Gasteiger partial charge in [-0.1, -0.05) is 12.1 Å². The summed E-state index contributed by atoms with van der Waals surface area (Å²) in [5, 5.41) is 14.2. The number of likely N-dealkylation sites (N-methyl/N-ethyl adjacent to an activating group) is 1. The molecule has 0 aliphatic rings. The lowest BCUT2D eigenvalue weighted by molar-refractivity contribution is -0.385. The molecule has 0 atom stereocenters. The molecule has 0 saturated carbocycles. The van der Waals surface area contributed by atoms with E-state index in [2.05, 4.69) is 31.1 Å². The first-order valence-corrected chi connectivity index (χ1v) is 6.56. The summed E-state index contributed by atoms with van der Waals surface area (Å²) in [6, 6.07) is 5.91. The molecule has 0 bridgehead atoms. The third kappa shape index (κ3) is 4.96. The second-order valence-electron chi connectivity index (χ2n) is 5.13. The van der Waals surface area contributed by atoms with E-state index in [1.807, 2.05) is 6.07 Å². The second-order valence-corrected chi connectivity index (χ2v) is 5.13. The fraction of sp³-hybridized carbons (Fsp3) is 0.571. The Morgan fingerprint density at radius 3 is 2.68 bits per heavy atom. The van der Waals surface area contributed by atoms with Gasteiger partial charge in [-0.25, -0.2) is 0 Å². The Labute approximate surface area is 114 Å². The van der Waals surface area contributed by atoms with Gasteiger partial charge in [0, 0.05) is 37.3 Å². The monoisotopic (exact) mass is 265 g/mol. The predicted molar refractivity (Wildman–Crippen MR) is 77.3 cm³/mol. The maximum atomic E-state index is 10.8. The topological polar surface area (TPSA) is 58.4 Å². The Hall–Kier alpha value is -1.46. The van der Waals surface area contributed by atoms with Gasteiger partial charge >= 0.3 is 0 Å². The molecule has 1 aromatic rings. The van der Waals surface area contributed by atoms with Crippen LogP contribution >= 0.6 is 0 Å². The zero-order chi connectivity index (χ0) is 14.4. The molecular weight excluding hydrogens is 242 g/mol. The molecular formula is C14H23N3O2. The Kier molecular flexibility index (Phi) is 5.92. The van der Waals surface area contributed by atoms with E-state index in [0.717, 1.165) is 18.7 Å². The highest BCUT2D eigenvalue weighted by molar-refractivity contribution is 5.42. The van der Waals surface area contributed by atoms with E-state index in [1.165, 1.54) is 0 Å². The van der Waals surface area contributed by atoms with Crippen LogP contribution < -0.4 is 5.32 Å². The number of hydrogen-bond acceptors (Lipinski definition) is 4. The van der Waals surface area contributed by atoms with Crippen molar-refractivity contribution in [2.75, 3.05) is 20.1 Å². The van der Waals surface area contributed by atoms with Crippen LogP contribution in [0.3, 0.4) is 0 Å². The van der Waals surface area contributed by atoms with Crippen molar-refractivity contribution in [3.8, 4) is 0 Å². The zero-order valence-electron chi connectivity index (χ0n) is 12.1. The molecule has 19 heavy (non-hydrogen) atoms. The van der Waals surface area contributed by atoms with Crippen LogP contribution in [0.25, 0.3) is 0 Å². The minimum atomic E-state index is -0.328. The average molecular weight is 265 g/mol. The van der Waals surface area contributed by atoms with Crippen molar-refractivity contribution in [3.63, 3.8) is 0 Å². The summed E-state index contributed by atoms with van der Waals surface area (Å²) < 4.78 is 0. The zero-order valence-corrected chi connectivity index (χ0v) is 12.1. The van der Waals surface area contributed by atoms with Crippen LogP contribution in [0.5, 0.6) is 0 Å². The van der Waals surface area contributed by atoms with Gasteiger partial charge in [-0.3, -0.25) is 10.1 Å². The molecule has 0 aromatic heterocycles. The number of nitrogens with zero attached hydrogens (tertiary/aromatic N) is 2. The third-order valence-electron chi connectivity index (χ3n) is 3.32. The van der Waals surface area contributed by atoms with Gasteiger partial charge in [0.05, 0.1) is 4.92 Å². The molecule has 0 fully saturated rings. The Balaban J connectivity index is 2.46. The maximum Gasteiger partial charge on any atom is 0.272 e. The van der Waals surface area contributed by atoms with Crippen molar-refractivity contribution in [1.82, 2.24) is 10.2 Å². The van der Waals surface area contributed by atoms with Gasteiger partial charge in [-0.2, -0.15) is 0 Å². The quantitative estimate of drug-likeness (QED) is 0.467. The summed E-state index contributed by atoms with van der Waals surface area (Å²) in [5.74, 6) is 0. The predicted octanol–water partition coefficient (Wildman–Crippen LogP) is 2.33. The van der Waals surface area contributed by atoms with Gasteiger partial charge in [-0.05, 0) is 33.4 Å². The van der Waals surface area contributed by atoms with Crippen molar-refractivity contribution in [1.29, 1.82) is 0 Å². The van der Waals surface area contributed by atoms with Crippen LogP contribution in [0.15, 0.2) is 18.2 Å². The molecule has 0 aliphatic heterocycles. The number of nitro benzene ring substituents is 1. The Morgan fingerprint density at radius 1 is 1.42 bits per heavy atom. The lowest BCUT2D eigenvalue weighted by Crippen LogP contribution is -2.33. The molecule has 0 radical (unpaired) electrons. The largest absolute Gasteiger partial charge is 0.311 e. The minimum Gasteiger partial charge on any atom is -0.311 e. The van der Waals surface area contributed by atoms with Crippen LogP contribution in [0.2, 0.25) is 0 Å². The first-order chi connectivity index (χ1) is 8.91. The highest BCUT2D eigenvalue weighted by Gasteiger charge is 2.10. The van der Waals surface area contributed by atoms with Crippen molar-refractivity contribution < 1.29 is 4.92 Å². The van der Waals surface area contributed by atoms with Crippen LogP contribution in [0, 0.1) is 17.0 Å².